The van der Waals surface area contributed by atoms with Crippen LogP contribution in [0, 0.1) is 0 Å². The van der Waals surface area contributed by atoms with Crippen molar-refractivity contribution in [3.8, 4) is 5.75 Å². The smallest absolute Gasteiger partial charge is 0.267 e. The summed E-state index contributed by atoms with van der Waals surface area (Å²) in [6, 6.07) is 5.69. The Balaban J connectivity index is 2.32. The average molecular weight is 374 g/mol. The van der Waals surface area contributed by atoms with Crippen molar-refractivity contribution in [3.05, 3.63) is 55.6 Å². The van der Waals surface area contributed by atoms with Crippen molar-refractivity contribution in [2.45, 2.75) is 6.54 Å². The van der Waals surface area contributed by atoms with Gasteiger partial charge in [0.25, 0.3) is 5.56 Å². The Kier molecular flexibility index (Phi) is 4.19. The van der Waals surface area contributed by atoms with E-state index in [4.69, 9.17) is 4.74 Å². The normalized spacial score (nSPS) is 10.4. The van der Waals surface area contributed by atoms with Gasteiger partial charge < -0.3 is 4.74 Å². The van der Waals surface area contributed by atoms with Gasteiger partial charge >= 0.3 is 0 Å². The maximum Gasteiger partial charge on any atom is 0.267 e. The number of hydrogen-bond donors (Lipinski definition) is 0. The lowest BCUT2D eigenvalue weighted by molar-refractivity contribution is 0.412. The highest BCUT2D eigenvalue weighted by Crippen LogP contribution is 2.25. The molecule has 6 heteroatoms. The molecule has 0 bridgehead atoms. The summed E-state index contributed by atoms with van der Waals surface area (Å²) in [4.78, 5) is 15.8. The van der Waals surface area contributed by atoms with Gasteiger partial charge in [-0.2, -0.15) is 0 Å². The Bertz CT molecular complexity index is 626. The van der Waals surface area contributed by atoms with Crippen molar-refractivity contribution in [2.75, 3.05) is 7.11 Å². The first-order valence-corrected chi connectivity index (χ1v) is 6.73. The summed E-state index contributed by atoms with van der Waals surface area (Å²) >= 11 is 6.59. The highest BCUT2D eigenvalue weighted by molar-refractivity contribution is 9.10. The summed E-state index contributed by atoms with van der Waals surface area (Å²) in [5.74, 6) is 0.762. The second kappa shape index (κ2) is 5.67. The molecular weight excluding hydrogens is 364 g/mol. The van der Waals surface area contributed by atoms with Crippen LogP contribution in [0.4, 0.5) is 0 Å². The van der Waals surface area contributed by atoms with Crippen LogP contribution in [0.1, 0.15) is 5.56 Å². The van der Waals surface area contributed by atoms with Crippen LogP contribution in [0.15, 0.2) is 44.5 Å². The maximum atomic E-state index is 11.8. The van der Waals surface area contributed by atoms with Gasteiger partial charge in [0, 0.05) is 6.20 Å². The molecule has 0 aliphatic carbocycles. The summed E-state index contributed by atoms with van der Waals surface area (Å²) in [5, 5.41) is 0. The molecule has 0 aliphatic rings. The molecule has 2 aromatic rings. The van der Waals surface area contributed by atoms with Gasteiger partial charge in [-0.15, -0.1) is 0 Å². The van der Waals surface area contributed by atoms with E-state index in [0.29, 0.717) is 11.0 Å². The summed E-state index contributed by atoms with van der Waals surface area (Å²) in [6.07, 6.45) is 3.01. The van der Waals surface area contributed by atoms with Gasteiger partial charge in [-0.1, -0.05) is 6.07 Å². The molecule has 1 aromatic heterocycles. The molecule has 1 heterocycles. The van der Waals surface area contributed by atoms with Crippen LogP contribution in [0.2, 0.25) is 0 Å². The molecule has 0 saturated carbocycles. The minimum atomic E-state index is -0.100. The van der Waals surface area contributed by atoms with Gasteiger partial charge in [0.05, 0.1) is 24.5 Å². The Morgan fingerprint density at radius 2 is 2.11 bits per heavy atom. The Labute approximate surface area is 121 Å². The molecule has 94 valence electrons. The molecule has 4 nitrogen and oxygen atoms in total. The summed E-state index contributed by atoms with van der Waals surface area (Å²) in [7, 11) is 1.61. The highest BCUT2D eigenvalue weighted by Gasteiger charge is 2.05. The van der Waals surface area contributed by atoms with Gasteiger partial charge in [0.2, 0.25) is 0 Å². The number of nitrogens with zero attached hydrogens (tertiary/aromatic N) is 2. The zero-order chi connectivity index (χ0) is 13.1. The van der Waals surface area contributed by atoms with E-state index in [1.807, 2.05) is 18.2 Å². The van der Waals surface area contributed by atoms with Crippen LogP contribution in [0.3, 0.4) is 0 Å². The third-order valence-corrected chi connectivity index (χ3v) is 3.59. The van der Waals surface area contributed by atoms with E-state index in [1.165, 1.54) is 12.5 Å². The number of halogens is 2. The van der Waals surface area contributed by atoms with Gasteiger partial charge in [-0.05, 0) is 49.6 Å². The van der Waals surface area contributed by atoms with E-state index in [9.17, 15) is 4.79 Å². The first kappa shape index (κ1) is 13.3. The fraction of sp³-hybridized carbons (Fsp3) is 0.167. The number of aromatic nitrogens is 2. The lowest BCUT2D eigenvalue weighted by Crippen LogP contribution is -2.21. The van der Waals surface area contributed by atoms with E-state index in [0.717, 1.165) is 15.8 Å². The van der Waals surface area contributed by atoms with E-state index in [-0.39, 0.29) is 5.56 Å². The zero-order valence-electron chi connectivity index (χ0n) is 9.56. The first-order valence-electron chi connectivity index (χ1n) is 5.14. The monoisotopic (exact) mass is 372 g/mol. The minimum Gasteiger partial charge on any atom is -0.496 e. The minimum absolute atomic E-state index is 0.100. The number of hydrogen-bond acceptors (Lipinski definition) is 3. The quantitative estimate of drug-likeness (QED) is 0.830. The predicted molar refractivity (Wildman–Crippen MR) is 76.0 cm³/mol. The van der Waals surface area contributed by atoms with Crippen LogP contribution >= 0.6 is 31.9 Å². The Hall–Kier alpha value is -1.14. The van der Waals surface area contributed by atoms with Crippen molar-refractivity contribution < 1.29 is 4.74 Å². The molecule has 18 heavy (non-hydrogen) atoms. The summed E-state index contributed by atoms with van der Waals surface area (Å²) < 4.78 is 8.01. The van der Waals surface area contributed by atoms with E-state index >= 15 is 0 Å². The number of ether oxygens (including phenoxy) is 1. The summed E-state index contributed by atoms with van der Waals surface area (Å²) in [6.45, 7) is 0.466. The van der Waals surface area contributed by atoms with Crippen LogP contribution in [0.5, 0.6) is 5.75 Å². The fourth-order valence-electron chi connectivity index (χ4n) is 1.54. The highest BCUT2D eigenvalue weighted by atomic mass is 79.9. The molecule has 0 radical (unpaired) electrons. The SMILES string of the molecule is COc1ccc(Cn2cncc(Br)c2=O)cc1Br. The molecule has 0 atom stereocenters. The van der Waals surface area contributed by atoms with Crippen LogP contribution < -0.4 is 10.3 Å². The fourth-order valence-corrected chi connectivity index (χ4v) is 2.48. The van der Waals surface area contributed by atoms with E-state index < -0.39 is 0 Å². The molecule has 0 spiro atoms. The number of benzene rings is 1. The average Bonchev–Trinajstić information content (AvgIpc) is 2.35. The summed E-state index contributed by atoms with van der Waals surface area (Å²) in [5.41, 5.74) is 0.890. The van der Waals surface area contributed by atoms with Gasteiger partial charge in [-0.25, -0.2) is 4.98 Å². The van der Waals surface area contributed by atoms with Crippen molar-refractivity contribution in [3.63, 3.8) is 0 Å². The van der Waals surface area contributed by atoms with E-state index in [2.05, 4.69) is 36.8 Å². The standard InChI is InChI=1S/C12H10Br2N2O2/c1-18-11-3-2-8(4-9(11)13)6-16-7-15-5-10(14)12(16)17/h2-5,7H,6H2,1H3. The van der Waals surface area contributed by atoms with Crippen molar-refractivity contribution >= 4 is 31.9 Å². The predicted octanol–water partition coefficient (Wildman–Crippen LogP) is 2.83. The van der Waals surface area contributed by atoms with Crippen molar-refractivity contribution in [2.24, 2.45) is 0 Å². The van der Waals surface area contributed by atoms with Gasteiger partial charge in [-0.3, -0.25) is 9.36 Å². The number of rotatable bonds is 3. The molecular formula is C12H10Br2N2O2. The third kappa shape index (κ3) is 2.81. The second-order valence-electron chi connectivity index (χ2n) is 3.64. The van der Waals surface area contributed by atoms with Crippen LogP contribution in [0.25, 0.3) is 0 Å². The van der Waals surface area contributed by atoms with Gasteiger partial charge in [0.15, 0.2) is 0 Å². The Morgan fingerprint density at radius 1 is 1.33 bits per heavy atom. The van der Waals surface area contributed by atoms with Crippen LogP contribution in [-0.4, -0.2) is 16.7 Å². The molecule has 0 aliphatic heterocycles. The molecule has 1 aromatic carbocycles. The molecule has 0 N–H and O–H groups in total. The Morgan fingerprint density at radius 3 is 2.78 bits per heavy atom. The number of methoxy groups -OCH3 is 1. The maximum absolute atomic E-state index is 11.8. The lowest BCUT2D eigenvalue weighted by Gasteiger charge is -2.08. The van der Waals surface area contributed by atoms with Crippen molar-refractivity contribution in [1.29, 1.82) is 0 Å². The second-order valence-corrected chi connectivity index (χ2v) is 5.35. The lowest BCUT2D eigenvalue weighted by atomic mass is 10.2. The topological polar surface area (TPSA) is 44.1 Å². The van der Waals surface area contributed by atoms with Crippen molar-refractivity contribution in [1.82, 2.24) is 9.55 Å². The molecule has 0 amide bonds. The largest absolute Gasteiger partial charge is 0.496 e. The molecule has 0 saturated heterocycles. The van der Waals surface area contributed by atoms with E-state index in [1.54, 1.807) is 11.7 Å². The molecule has 0 unspecified atom stereocenters. The van der Waals surface area contributed by atoms with Crippen LogP contribution in [-0.2, 0) is 6.54 Å². The zero-order valence-corrected chi connectivity index (χ0v) is 12.7. The third-order valence-electron chi connectivity index (χ3n) is 2.43. The first-order chi connectivity index (χ1) is 8.61. The van der Waals surface area contributed by atoms with Gasteiger partial charge in [0.1, 0.15) is 10.2 Å². The molecule has 0 fully saturated rings. The molecule has 2 rings (SSSR count).